The van der Waals surface area contributed by atoms with E-state index >= 15 is 0 Å². The molecular formula is C23H25N3O5S. The molecule has 2 aromatic carbocycles. The van der Waals surface area contributed by atoms with Crippen LogP contribution in [0.15, 0.2) is 36.4 Å². The van der Waals surface area contributed by atoms with E-state index in [1.165, 1.54) is 11.8 Å². The first-order valence-electron chi connectivity index (χ1n) is 9.96. The van der Waals surface area contributed by atoms with Crippen LogP contribution in [0, 0.1) is 6.92 Å². The van der Waals surface area contributed by atoms with Crippen molar-refractivity contribution < 1.29 is 23.7 Å². The summed E-state index contributed by atoms with van der Waals surface area (Å²) in [6, 6.07) is 11.3. The fourth-order valence-electron chi connectivity index (χ4n) is 3.87. The third kappa shape index (κ3) is 3.73. The molecule has 1 amide bonds. The van der Waals surface area contributed by atoms with E-state index in [9.17, 15) is 4.79 Å². The highest BCUT2D eigenvalue weighted by atomic mass is 32.2. The van der Waals surface area contributed by atoms with Crippen molar-refractivity contribution in [2.45, 2.75) is 12.2 Å². The van der Waals surface area contributed by atoms with E-state index in [4.69, 9.17) is 24.0 Å². The van der Waals surface area contributed by atoms with Crippen molar-refractivity contribution >= 4 is 23.5 Å². The lowest BCUT2D eigenvalue weighted by Gasteiger charge is -2.21. The Morgan fingerprint density at radius 1 is 0.969 bits per heavy atom. The fraction of sp³-hybridized carbons (Fsp3) is 0.304. The highest BCUT2D eigenvalue weighted by Crippen LogP contribution is 2.50. The molecule has 0 bridgehead atoms. The van der Waals surface area contributed by atoms with E-state index in [0.29, 0.717) is 28.8 Å². The Bertz CT molecular complexity index is 1140. The summed E-state index contributed by atoms with van der Waals surface area (Å²) in [7, 11) is 6.38. The van der Waals surface area contributed by atoms with Crippen LogP contribution >= 0.6 is 11.8 Å². The molecule has 9 heteroatoms. The lowest BCUT2D eigenvalue weighted by molar-refractivity contribution is -0.113. The van der Waals surface area contributed by atoms with Crippen LogP contribution in [0.4, 0.5) is 5.82 Å². The molecule has 0 radical (unpaired) electrons. The summed E-state index contributed by atoms with van der Waals surface area (Å²) in [5.41, 5.74) is 3.43. The van der Waals surface area contributed by atoms with Gasteiger partial charge >= 0.3 is 0 Å². The number of nitrogens with one attached hydrogen (secondary N) is 1. The third-order valence-electron chi connectivity index (χ3n) is 5.34. The van der Waals surface area contributed by atoms with Crippen molar-refractivity contribution in [2.75, 3.05) is 39.5 Å². The second kappa shape index (κ2) is 9.04. The Kier molecular flexibility index (Phi) is 6.18. The minimum absolute atomic E-state index is 0.0899. The van der Waals surface area contributed by atoms with Crippen LogP contribution in [0.5, 0.6) is 23.0 Å². The lowest BCUT2D eigenvalue weighted by Crippen LogP contribution is -2.15. The van der Waals surface area contributed by atoms with E-state index in [1.54, 1.807) is 33.1 Å². The van der Waals surface area contributed by atoms with Crippen molar-refractivity contribution in [1.29, 1.82) is 0 Å². The summed E-state index contributed by atoms with van der Waals surface area (Å²) in [6.45, 7) is 1.94. The first-order chi connectivity index (χ1) is 15.5. The fourth-order valence-corrected chi connectivity index (χ4v) is 5.07. The number of nitrogens with zero attached hydrogens (tertiary/aromatic N) is 2. The molecule has 0 saturated heterocycles. The van der Waals surface area contributed by atoms with E-state index in [0.717, 1.165) is 28.3 Å². The SMILES string of the molecule is COc1ccc(-n2nc(C)c3c2NC(=O)CS[C@@H]3c2ccc(OC)c(OC)c2OC)cc1. The maximum Gasteiger partial charge on any atom is 0.235 e. The standard InChI is InChI=1S/C23H25N3O5S/c1-13-19-22(16-10-11-17(29-3)21(31-5)20(16)30-4)32-12-18(27)24-23(19)26(25-13)14-6-8-15(28-2)9-7-14/h6-11,22H,12H2,1-5H3,(H,24,27)/t22-/m1/s1. The van der Waals surface area contributed by atoms with Crippen LogP contribution in [0.2, 0.25) is 0 Å². The zero-order chi connectivity index (χ0) is 22.8. The molecule has 0 saturated carbocycles. The summed E-state index contributed by atoms with van der Waals surface area (Å²) in [6.07, 6.45) is 0. The summed E-state index contributed by atoms with van der Waals surface area (Å²) < 4.78 is 23.8. The Balaban J connectivity index is 1.90. The molecule has 3 aromatic rings. The van der Waals surface area contributed by atoms with Gasteiger partial charge in [-0.1, -0.05) is 0 Å². The molecule has 0 spiro atoms. The van der Waals surface area contributed by atoms with E-state index < -0.39 is 0 Å². The summed E-state index contributed by atoms with van der Waals surface area (Å²) in [4.78, 5) is 12.6. The normalized spacial score (nSPS) is 15.4. The quantitative estimate of drug-likeness (QED) is 0.602. The molecule has 0 fully saturated rings. The largest absolute Gasteiger partial charge is 0.497 e. The van der Waals surface area contributed by atoms with Crippen molar-refractivity contribution in [3.8, 4) is 28.7 Å². The Morgan fingerprint density at radius 2 is 1.69 bits per heavy atom. The van der Waals surface area contributed by atoms with Gasteiger partial charge in [0.05, 0.1) is 50.8 Å². The van der Waals surface area contributed by atoms with Gasteiger partial charge in [-0.15, -0.1) is 11.8 Å². The van der Waals surface area contributed by atoms with Gasteiger partial charge in [-0.3, -0.25) is 4.79 Å². The van der Waals surface area contributed by atoms with Gasteiger partial charge in [0, 0.05) is 11.1 Å². The molecule has 0 aliphatic carbocycles. The first kappa shape index (κ1) is 21.9. The predicted octanol–water partition coefficient (Wildman–Crippen LogP) is 3.99. The first-order valence-corrected chi connectivity index (χ1v) is 11.0. The van der Waals surface area contributed by atoms with Gasteiger partial charge in [-0.05, 0) is 43.3 Å². The third-order valence-corrected chi connectivity index (χ3v) is 6.59. The van der Waals surface area contributed by atoms with Gasteiger partial charge in [0.15, 0.2) is 11.5 Å². The number of hydrogen-bond acceptors (Lipinski definition) is 7. The van der Waals surface area contributed by atoms with Gasteiger partial charge < -0.3 is 24.3 Å². The average molecular weight is 456 g/mol. The minimum Gasteiger partial charge on any atom is -0.497 e. The van der Waals surface area contributed by atoms with Gasteiger partial charge in [0.2, 0.25) is 11.7 Å². The number of ether oxygens (including phenoxy) is 4. The van der Waals surface area contributed by atoms with Crippen molar-refractivity contribution in [1.82, 2.24) is 9.78 Å². The number of hydrogen-bond donors (Lipinski definition) is 1. The molecule has 1 aliphatic heterocycles. The number of anilines is 1. The summed E-state index contributed by atoms with van der Waals surface area (Å²) in [5.74, 6) is 3.25. The molecule has 1 N–H and O–H groups in total. The molecule has 32 heavy (non-hydrogen) atoms. The number of methoxy groups -OCH3 is 4. The molecular weight excluding hydrogens is 430 g/mol. The van der Waals surface area contributed by atoms with Crippen LogP contribution in [-0.4, -0.2) is 49.9 Å². The number of aryl methyl sites for hydroxylation is 1. The number of benzene rings is 2. The van der Waals surface area contributed by atoms with Gasteiger partial charge in [0.25, 0.3) is 0 Å². The van der Waals surface area contributed by atoms with Crippen LogP contribution < -0.4 is 24.3 Å². The average Bonchev–Trinajstić information content (AvgIpc) is 3.02. The van der Waals surface area contributed by atoms with E-state index in [2.05, 4.69) is 5.32 Å². The van der Waals surface area contributed by atoms with E-state index in [1.807, 2.05) is 43.3 Å². The van der Waals surface area contributed by atoms with Gasteiger partial charge in [0.1, 0.15) is 11.6 Å². The van der Waals surface area contributed by atoms with Crippen LogP contribution in [0.3, 0.4) is 0 Å². The predicted molar refractivity (Wildman–Crippen MR) is 124 cm³/mol. The van der Waals surface area contributed by atoms with Crippen LogP contribution in [-0.2, 0) is 4.79 Å². The number of carbonyl (C=O) groups is 1. The van der Waals surface area contributed by atoms with Crippen molar-refractivity contribution in [2.24, 2.45) is 0 Å². The topological polar surface area (TPSA) is 83.8 Å². The number of fused-ring (bicyclic) bond motifs is 1. The molecule has 168 valence electrons. The molecule has 8 nitrogen and oxygen atoms in total. The number of amides is 1. The molecule has 1 aromatic heterocycles. The zero-order valence-electron chi connectivity index (χ0n) is 18.6. The van der Waals surface area contributed by atoms with Gasteiger partial charge in [-0.25, -0.2) is 4.68 Å². The minimum atomic E-state index is -0.203. The number of aromatic nitrogens is 2. The second-order valence-corrected chi connectivity index (χ2v) is 8.21. The number of rotatable bonds is 6. The number of thioether (sulfide) groups is 1. The monoisotopic (exact) mass is 455 g/mol. The highest BCUT2D eigenvalue weighted by Gasteiger charge is 2.33. The second-order valence-electron chi connectivity index (χ2n) is 7.12. The maximum absolute atomic E-state index is 12.6. The summed E-state index contributed by atoms with van der Waals surface area (Å²) in [5, 5.41) is 7.59. The van der Waals surface area contributed by atoms with Crippen molar-refractivity contribution in [3.05, 3.63) is 53.2 Å². The Hall–Kier alpha value is -3.33. The number of carbonyl (C=O) groups excluding carboxylic acids is 1. The Morgan fingerprint density at radius 3 is 2.31 bits per heavy atom. The van der Waals surface area contributed by atoms with Crippen molar-refractivity contribution in [3.63, 3.8) is 0 Å². The van der Waals surface area contributed by atoms with Gasteiger partial charge in [-0.2, -0.15) is 5.10 Å². The molecule has 2 heterocycles. The van der Waals surface area contributed by atoms with E-state index in [-0.39, 0.29) is 11.2 Å². The molecule has 1 aliphatic rings. The molecule has 1 atom stereocenters. The van der Waals surface area contributed by atoms with Crippen LogP contribution in [0.1, 0.15) is 22.1 Å². The Labute approximate surface area is 190 Å². The lowest BCUT2D eigenvalue weighted by atomic mass is 10.0. The smallest absolute Gasteiger partial charge is 0.235 e. The maximum atomic E-state index is 12.6. The molecule has 4 rings (SSSR count). The summed E-state index contributed by atoms with van der Waals surface area (Å²) >= 11 is 1.52. The highest BCUT2D eigenvalue weighted by molar-refractivity contribution is 8.00. The van der Waals surface area contributed by atoms with Crippen LogP contribution in [0.25, 0.3) is 5.69 Å². The molecule has 0 unspecified atom stereocenters. The zero-order valence-corrected chi connectivity index (χ0v) is 19.4.